The van der Waals surface area contributed by atoms with E-state index >= 15 is 0 Å². The van der Waals surface area contributed by atoms with Crippen LogP contribution >= 0.6 is 58.0 Å². The summed E-state index contributed by atoms with van der Waals surface area (Å²) < 4.78 is 48.5. The molecule has 11 heteroatoms. The molecule has 11 aromatic rings. The Morgan fingerprint density at radius 1 is 0.288 bits per heavy atom. The van der Waals surface area contributed by atoms with Crippen molar-refractivity contribution in [2.24, 2.45) is 0 Å². The van der Waals surface area contributed by atoms with Gasteiger partial charge >= 0.3 is 6.18 Å². The molecule has 0 unspecified atom stereocenters. The zero-order valence-corrected chi connectivity index (χ0v) is 66.8. The van der Waals surface area contributed by atoms with E-state index < -0.39 is 11.7 Å². The molecule has 104 heavy (non-hydrogen) atoms. The number of alkyl halides is 3. The standard InChI is InChI=1S/C9H9F3.2C9H9N.2C9H12.C8H8Cl2.3C8H9Cl.C8H9F.C8H10/c1-2-7-4-3-5-8(6-7)9(10,11)12;1-2-8-3-5-9(7-10)6-4-8;1-2-8-4-3-5-9(6-8)7-10;1-3-9-6-4-5-8(2)7-9;1-3-9-7-5-4-6-8(9)2;1-2-6-3-4-7(9)8(10)5-6;1-2-7-3-5-8(9)6-4-7;1-2-7-4-3-5-8(9)6-7;1-2-7-5-3-4-6-8(7)9;1-2-7-3-5-8(9)6-4-7;1-2-8-6-4-3-5-7-8/h3-6H,2H2,1H3;2*3-6H,2H2,1H3;2*4-7H,3H2,1-2H3;3-5H,2H2,1H3;4*3-6H,2H2,1H3;3-7H,2H2,1H3. The van der Waals surface area contributed by atoms with Crippen molar-refractivity contribution in [2.75, 3.05) is 0 Å². The molecule has 0 spiro atoms. The van der Waals surface area contributed by atoms with Crippen molar-refractivity contribution in [3.05, 3.63) is 387 Å². The fraction of sp³-hybridized carbons (Fsp3) is 0.269. The van der Waals surface area contributed by atoms with E-state index in [1.165, 1.54) is 91.0 Å². The maximum Gasteiger partial charge on any atom is 0.416 e. The summed E-state index contributed by atoms with van der Waals surface area (Å²) >= 11 is 28.7. The number of aryl methyl sites for hydroxylation is 13. The average molecular weight is 1500 g/mol. The Balaban J connectivity index is 0.000000573. The minimum Gasteiger partial charge on any atom is -0.207 e. The normalized spacial score (nSPS) is 9.65. The van der Waals surface area contributed by atoms with E-state index in [0.29, 0.717) is 22.0 Å². The van der Waals surface area contributed by atoms with Gasteiger partial charge in [0.25, 0.3) is 0 Å². The molecule has 0 aliphatic rings. The van der Waals surface area contributed by atoms with E-state index in [0.717, 1.165) is 96.5 Å². The second-order valence-electron chi connectivity index (χ2n) is 23.3. The summed E-state index contributed by atoms with van der Waals surface area (Å²) in [4.78, 5) is 0. The van der Waals surface area contributed by atoms with Crippen LogP contribution in [0.1, 0.15) is 165 Å². The molecule has 0 heterocycles. The van der Waals surface area contributed by atoms with Crippen LogP contribution in [-0.4, -0.2) is 0 Å². The second-order valence-corrected chi connectivity index (χ2v) is 25.4. The van der Waals surface area contributed by atoms with Crippen LogP contribution in [0, 0.1) is 42.3 Å². The van der Waals surface area contributed by atoms with Crippen LogP contribution in [0.3, 0.4) is 0 Å². The average Bonchev–Trinajstić information content (AvgIpc) is 0.858. The van der Waals surface area contributed by atoms with Crippen molar-refractivity contribution in [3.8, 4) is 12.1 Å². The fourth-order valence-corrected chi connectivity index (χ4v) is 9.97. The molecule has 0 aromatic heterocycles. The largest absolute Gasteiger partial charge is 0.416 e. The van der Waals surface area contributed by atoms with Gasteiger partial charge in [-0.2, -0.15) is 23.7 Å². The first kappa shape index (κ1) is 93.6. The molecule has 0 N–H and O–H groups in total. The number of rotatable bonds is 11. The van der Waals surface area contributed by atoms with E-state index in [1.54, 1.807) is 18.2 Å². The smallest absolute Gasteiger partial charge is 0.207 e. The minimum atomic E-state index is -4.22. The van der Waals surface area contributed by atoms with Gasteiger partial charge in [0.2, 0.25) is 0 Å². The van der Waals surface area contributed by atoms with Crippen LogP contribution in [0.5, 0.6) is 0 Å². The number of nitrogens with zero attached hydrogens (tertiary/aromatic N) is 2. The van der Waals surface area contributed by atoms with Gasteiger partial charge in [0.1, 0.15) is 5.82 Å². The molecule has 0 bridgehead atoms. The summed E-state index contributed by atoms with van der Waals surface area (Å²) in [7, 11) is 0. The lowest BCUT2D eigenvalue weighted by atomic mass is 10.1. The molecule has 0 radical (unpaired) electrons. The monoisotopic (exact) mass is 1500 g/mol. The van der Waals surface area contributed by atoms with E-state index in [9.17, 15) is 17.6 Å². The molecule has 0 amide bonds. The topological polar surface area (TPSA) is 47.6 Å². The highest BCUT2D eigenvalue weighted by Gasteiger charge is 2.30. The Morgan fingerprint density at radius 2 is 0.673 bits per heavy atom. The highest BCUT2D eigenvalue weighted by atomic mass is 35.5. The molecule has 0 aliphatic carbocycles. The van der Waals surface area contributed by atoms with Crippen LogP contribution in [0.15, 0.2) is 267 Å². The molecule has 11 aromatic carbocycles. The Morgan fingerprint density at radius 3 is 1.08 bits per heavy atom. The van der Waals surface area contributed by atoms with Gasteiger partial charge in [0.15, 0.2) is 0 Å². The summed E-state index contributed by atoms with van der Waals surface area (Å²) in [5.74, 6) is -0.160. The molecule has 0 fully saturated rings. The maximum absolute atomic E-state index is 12.2. The van der Waals surface area contributed by atoms with Crippen molar-refractivity contribution in [1.29, 1.82) is 10.5 Å². The summed E-state index contributed by atoms with van der Waals surface area (Å²) in [6, 6.07) is 88.5. The maximum atomic E-state index is 12.2. The molecule has 0 atom stereocenters. The van der Waals surface area contributed by atoms with Gasteiger partial charge in [-0.15, -0.1) is 0 Å². The third kappa shape index (κ3) is 43.0. The number of halogens is 9. The van der Waals surface area contributed by atoms with Crippen LogP contribution in [0.4, 0.5) is 17.6 Å². The summed E-state index contributed by atoms with van der Waals surface area (Å²) in [5, 5.41) is 20.7. The van der Waals surface area contributed by atoms with Crippen molar-refractivity contribution in [3.63, 3.8) is 0 Å². The van der Waals surface area contributed by atoms with E-state index in [2.05, 4.69) is 167 Å². The summed E-state index contributed by atoms with van der Waals surface area (Å²) in [6.07, 6.45) is 6.99. The second kappa shape index (κ2) is 57.0. The van der Waals surface area contributed by atoms with Gasteiger partial charge in [-0.05, 0) is 236 Å². The molecule has 550 valence electrons. The first-order chi connectivity index (χ1) is 49.9. The Hall–Kier alpha value is -8.43. The first-order valence-electron chi connectivity index (χ1n) is 35.6. The van der Waals surface area contributed by atoms with Gasteiger partial charge in [0, 0.05) is 15.1 Å². The molecule has 0 saturated heterocycles. The van der Waals surface area contributed by atoms with Gasteiger partial charge in [-0.1, -0.05) is 322 Å². The highest BCUT2D eigenvalue weighted by molar-refractivity contribution is 6.42. The SMILES string of the molecule is CCc1ccc(C#N)cc1.CCc1ccc(Cl)c(Cl)c1.CCc1ccc(Cl)cc1.CCc1ccc(F)cc1.CCc1cccc(C#N)c1.CCc1cccc(C(F)(F)F)c1.CCc1cccc(C)c1.CCc1cccc(Cl)c1.CCc1ccccc1.CCc1ccccc1C.CCc1ccccc1Cl. The minimum absolute atomic E-state index is 0.160. The van der Waals surface area contributed by atoms with Crippen LogP contribution < -0.4 is 0 Å². The van der Waals surface area contributed by atoms with Crippen molar-refractivity contribution < 1.29 is 17.6 Å². The van der Waals surface area contributed by atoms with Crippen molar-refractivity contribution >= 4 is 58.0 Å². The van der Waals surface area contributed by atoms with Crippen molar-refractivity contribution in [2.45, 2.75) is 167 Å². The summed E-state index contributed by atoms with van der Waals surface area (Å²) in [6.45, 7) is 27.3. The molecule has 2 nitrogen and oxygen atoms in total. The van der Waals surface area contributed by atoms with Gasteiger partial charge in [-0.25, -0.2) is 4.39 Å². The van der Waals surface area contributed by atoms with Crippen LogP contribution in [0.2, 0.25) is 25.1 Å². The third-order valence-corrected chi connectivity index (χ3v) is 17.3. The molecular formula is C93H105Cl5F4N2. The summed E-state index contributed by atoms with van der Waals surface area (Å²) in [5.41, 5.74) is 17.4. The highest BCUT2D eigenvalue weighted by Crippen LogP contribution is 2.30. The Bertz CT molecular complexity index is 3990. The van der Waals surface area contributed by atoms with Crippen LogP contribution in [0.25, 0.3) is 0 Å². The van der Waals surface area contributed by atoms with E-state index in [-0.39, 0.29) is 5.82 Å². The molecule has 0 aliphatic heterocycles. The lowest BCUT2D eigenvalue weighted by molar-refractivity contribution is -0.137. The number of benzene rings is 11. The van der Waals surface area contributed by atoms with E-state index in [4.69, 9.17) is 68.5 Å². The first-order valence-corrected chi connectivity index (χ1v) is 37.5. The zero-order valence-electron chi connectivity index (χ0n) is 63.0. The quantitative estimate of drug-likeness (QED) is 0.121. The van der Waals surface area contributed by atoms with E-state index in [1.807, 2.05) is 153 Å². The van der Waals surface area contributed by atoms with Crippen molar-refractivity contribution in [1.82, 2.24) is 0 Å². The molecule has 11 rings (SSSR count). The molecule has 0 saturated carbocycles. The predicted octanol–water partition coefficient (Wildman–Crippen LogP) is 29.5. The van der Waals surface area contributed by atoms with Crippen LogP contribution in [-0.2, 0) is 76.8 Å². The number of hydrogen-bond acceptors (Lipinski definition) is 2. The zero-order chi connectivity index (χ0) is 77.5. The Labute approximate surface area is 647 Å². The Kier molecular flexibility index (Phi) is 51.3. The van der Waals surface area contributed by atoms with Gasteiger partial charge in [0.05, 0.1) is 38.9 Å². The molecular weight excluding hydrogens is 1400 g/mol. The fourth-order valence-electron chi connectivity index (χ4n) is 9.04. The van der Waals surface area contributed by atoms with Gasteiger partial charge in [-0.3, -0.25) is 0 Å². The predicted molar refractivity (Wildman–Crippen MR) is 443 cm³/mol. The number of nitriles is 2. The third-order valence-electron chi connectivity index (χ3n) is 15.7. The number of hydrogen-bond donors (Lipinski definition) is 0. The van der Waals surface area contributed by atoms with Gasteiger partial charge < -0.3 is 0 Å². The lowest BCUT2D eigenvalue weighted by Crippen LogP contribution is -2.04. The lowest BCUT2D eigenvalue weighted by Gasteiger charge is -2.06.